The Hall–Kier alpha value is -3.49. The average molecular weight is 393 g/mol. The molecule has 0 saturated carbocycles. The second-order valence-corrected chi connectivity index (χ2v) is 7.12. The van der Waals surface area contributed by atoms with Gasteiger partial charge in [0.15, 0.2) is 5.65 Å². The van der Waals surface area contributed by atoms with Crippen LogP contribution in [0, 0.1) is 12.7 Å². The first-order valence-electron chi connectivity index (χ1n) is 9.47. The summed E-state index contributed by atoms with van der Waals surface area (Å²) >= 11 is 0. The van der Waals surface area contributed by atoms with E-state index >= 15 is 0 Å². The van der Waals surface area contributed by atoms with Crippen LogP contribution in [0.4, 0.5) is 10.2 Å². The topological polar surface area (TPSA) is 73.4 Å². The van der Waals surface area contributed by atoms with Crippen molar-refractivity contribution in [1.29, 1.82) is 0 Å². The van der Waals surface area contributed by atoms with Gasteiger partial charge in [0.2, 0.25) is 5.88 Å². The molecule has 0 spiro atoms. The van der Waals surface area contributed by atoms with Crippen LogP contribution in [0.5, 0.6) is 5.88 Å². The first-order valence-corrected chi connectivity index (χ1v) is 9.47. The molecule has 0 aliphatic carbocycles. The van der Waals surface area contributed by atoms with E-state index in [4.69, 9.17) is 9.72 Å². The molecule has 0 bridgehead atoms. The molecule has 1 aliphatic rings. The number of aryl methyl sites for hydroxylation is 1. The summed E-state index contributed by atoms with van der Waals surface area (Å²) in [6.07, 6.45) is 9.06. The van der Waals surface area contributed by atoms with Crippen molar-refractivity contribution in [3.63, 3.8) is 0 Å². The Kier molecular flexibility index (Phi) is 4.15. The zero-order valence-corrected chi connectivity index (χ0v) is 16.2. The van der Waals surface area contributed by atoms with Crippen molar-refractivity contribution < 1.29 is 9.13 Å². The number of aromatic nitrogens is 6. The highest BCUT2D eigenvalue weighted by molar-refractivity contribution is 5.61. The Balaban J connectivity index is 1.56. The van der Waals surface area contributed by atoms with Crippen molar-refractivity contribution in [3.05, 3.63) is 60.1 Å². The molecule has 0 amide bonds. The molecule has 5 rings (SSSR count). The van der Waals surface area contributed by atoms with Gasteiger partial charge >= 0.3 is 0 Å². The lowest BCUT2D eigenvalue weighted by atomic mass is 10.1. The first kappa shape index (κ1) is 17.6. The molecule has 4 aromatic heterocycles. The van der Waals surface area contributed by atoms with E-state index in [1.54, 1.807) is 21.6 Å². The van der Waals surface area contributed by atoms with Gasteiger partial charge in [-0.25, -0.2) is 23.6 Å². The maximum Gasteiger partial charge on any atom is 0.213 e. The van der Waals surface area contributed by atoms with E-state index < -0.39 is 0 Å². The molecular weight excluding hydrogens is 373 g/mol. The Morgan fingerprint density at radius 1 is 1.14 bits per heavy atom. The minimum atomic E-state index is -0.333. The van der Waals surface area contributed by atoms with Crippen LogP contribution < -0.4 is 9.64 Å². The molecule has 29 heavy (non-hydrogen) atoms. The molecule has 5 heterocycles. The molecule has 0 aromatic carbocycles. The molecule has 1 atom stereocenters. The summed E-state index contributed by atoms with van der Waals surface area (Å²) in [6, 6.07) is 4.64. The van der Waals surface area contributed by atoms with Crippen LogP contribution in [0.3, 0.4) is 0 Å². The van der Waals surface area contributed by atoms with Crippen LogP contribution in [0.2, 0.25) is 0 Å². The fourth-order valence-electron chi connectivity index (χ4n) is 3.83. The maximum absolute atomic E-state index is 14.5. The molecule has 8 nitrogen and oxygen atoms in total. The minimum absolute atomic E-state index is 0.196. The second-order valence-electron chi connectivity index (χ2n) is 7.12. The number of rotatable bonds is 4. The number of pyridine rings is 1. The Bertz CT molecular complexity index is 1180. The third-order valence-electron chi connectivity index (χ3n) is 5.21. The van der Waals surface area contributed by atoms with E-state index in [0.717, 1.165) is 36.5 Å². The summed E-state index contributed by atoms with van der Waals surface area (Å²) in [5.41, 5.74) is 2.93. The standard InChI is InChI=1S/C20H20FN7O/c1-13-10-22-28(12-13)16-11-23-27-9-7-17(24-20(16)27)26-8-3-4-15(26)19-14(21)5-6-18(25-19)29-2/h5-7,9-12,15H,3-4,8H2,1-2H3/t15-/m0/s1. The van der Waals surface area contributed by atoms with Gasteiger partial charge in [-0.1, -0.05) is 0 Å². The van der Waals surface area contributed by atoms with E-state index in [9.17, 15) is 4.39 Å². The molecule has 0 N–H and O–H groups in total. The van der Waals surface area contributed by atoms with Crippen molar-refractivity contribution in [2.24, 2.45) is 0 Å². The molecule has 1 fully saturated rings. The van der Waals surface area contributed by atoms with Crippen LogP contribution in [0.1, 0.15) is 30.1 Å². The summed E-state index contributed by atoms with van der Waals surface area (Å²) in [5.74, 6) is 0.833. The number of nitrogens with zero attached hydrogens (tertiary/aromatic N) is 7. The summed E-state index contributed by atoms with van der Waals surface area (Å²) in [5, 5.41) is 8.74. The number of fused-ring (bicyclic) bond motifs is 1. The lowest BCUT2D eigenvalue weighted by molar-refractivity contribution is 0.391. The zero-order valence-electron chi connectivity index (χ0n) is 16.2. The minimum Gasteiger partial charge on any atom is -0.481 e. The zero-order chi connectivity index (χ0) is 20.0. The third-order valence-corrected chi connectivity index (χ3v) is 5.21. The van der Waals surface area contributed by atoms with Gasteiger partial charge in [-0.15, -0.1) is 0 Å². The SMILES string of the molecule is COc1ccc(F)c([C@@H]2CCCN2c2ccn3ncc(-n4cc(C)cn4)c3n2)n1. The Morgan fingerprint density at radius 2 is 2.03 bits per heavy atom. The summed E-state index contributed by atoms with van der Waals surface area (Å²) in [7, 11) is 1.53. The molecule has 1 aliphatic heterocycles. The van der Waals surface area contributed by atoms with Gasteiger partial charge in [0.1, 0.15) is 23.0 Å². The van der Waals surface area contributed by atoms with Gasteiger partial charge < -0.3 is 9.64 Å². The molecule has 9 heteroatoms. The van der Waals surface area contributed by atoms with Crippen molar-refractivity contribution in [2.45, 2.75) is 25.8 Å². The van der Waals surface area contributed by atoms with Gasteiger partial charge in [0.25, 0.3) is 0 Å². The fourth-order valence-corrected chi connectivity index (χ4v) is 3.83. The number of methoxy groups -OCH3 is 1. The highest BCUT2D eigenvalue weighted by Gasteiger charge is 2.31. The lowest BCUT2D eigenvalue weighted by Crippen LogP contribution is -2.25. The van der Waals surface area contributed by atoms with Crippen molar-refractivity contribution in [1.82, 2.24) is 29.4 Å². The smallest absolute Gasteiger partial charge is 0.213 e. The molecule has 0 radical (unpaired) electrons. The predicted molar refractivity (Wildman–Crippen MR) is 105 cm³/mol. The second kappa shape index (κ2) is 6.84. The highest BCUT2D eigenvalue weighted by Crippen LogP contribution is 2.36. The average Bonchev–Trinajstić information content (AvgIpc) is 3.46. The molecular formula is C20H20FN7O. The van der Waals surface area contributed by atoms with E-state index in [2.05, 4.69) is 20.1 Å². The van der Waals surface area contributed by atoms with Crippen molar-refractivity contribution in [3.8, 4) is 11.6 Å². The van der Waals surface area contributed by atoms with Crippen LogP contribution in [0.15, 0.2) is 43.0 Å². The van der Waals surface area contributed by atoms with Gasteiger partial charge in [-0.05, 0) is 37.5 Å². The normalized spacial score (nSPS) is 16.7. The summed E-state index contributed by atoms with van der Waals surface area (Å²) in [6.45, 7) is 2.76. The highest BCUT2D eigenvalue weighted by atomic mass is 19.1. The largest absolute Gasteiger partial charge is 0.481 e. The van der Waals surface area contributed by atoms with Crippen LogP contribution in [-0.2, 0) is 0 Å². The fraction of sp³-hybridized carbons (Fsp3) is 0.300. The number of hydrogen-bond acceptors (Lipinski definition) is 6. The number of anilines is 1. The van der Waals surface area contributed by atoms with Crippen molar-refractivity contribution >= 4 is 11.5 Å². The van der Waals surface area contributed by atoms with Gasteiger partial charge in [-0.3, -0.25) is 0 Å². The monoisotopic (exact) mass is 393 g/mol. The van der Waals surface area contributed by atoms with Crippen LogP contribution >= 0.6 is 0 Å². The van der Waals surface area contributed by atoms with Gasteiger partial charge in [-0.2, -0.15) is 10.2 Å². The quantitative estimate of drug-likeness (QED) is 0.530. The third kappa shape index (κ3) is 2.98. The van der Waals surface area contributed by atoms with E-state index in [-0.39, 0.29) is 11.9 Å². The van der Waals surface area contributed by atoms with Crippen molar-refractivity contribution in [2.75, 3.05) is 18.6 Å². The summed E-state index contributed by atoms with van der Waals surface area (Å²) in [4.78, 5) is 11.3. The lowest BCUT2D eigenvalue weighted by Gasteiger charge is -2.25. The Labute approximate surface area is 166 Å². The van der Waals surface area contributed by atoms with E-state index in [0.29, 0.717) is 17.2 Å². The van der Waals surface area contributed by atoms with Gasteiger partial charge in [0, 0.05) is 25.0 Å². The van der Waals surface area contributed by atoms with E-state index in [1.807, 2.05) is 25.4 Å². The van der Waals surface area contributed by atoms with E-state index in [1.165, 1.54) is 19.2 Å². The summed E-state index contributed by atoms with van der Waals surface area (Å²) < 4.78 is 23.2. The van der Waals surface area contributed by atoms with Crippen LogP contribution in [-0.4, -0.2) is 43.0 Å². The number of halogens is 1. The number of hydrogen-bond donors (Lipinski definition) is 0. The first-order chi connectivity index (χ1) is 14.1. The molecule has 148 valence electrons. The maximum atomic E-state index is 14.5. The molecule has 0 unspecified atom stereocenters. The van der Waals surface area contributed by atoms with Gasteiger partial charge in [0.05, 0.1) is 25.5 Å². The van der Waals surface area contributed by atoms with Crippen LogP contribution in [0.25, 0.3) is 11.3 Å². The predicted octanol–water partition coefficient (Wildman–Crippen LogP) is 3.11. The molecule has 1 saturated heterocycles. The Morgan fingerprint density at radius 3 is 2.83 bits per heavy atom. The molecule has 4 aromatic rings. The number of ether oxygens (including phenoxy) is 1.